The minimum Gasteiger partial charge on any atom is -0.309 e. The summed E-state index contributed by atoms with van der Waals surface area (Å²) in [5.41, 5.74) is 2.86. The zero-order valence-corrected chi connectivity index (χ0v) is 14.5. The quantitative estimate of drug-likeness (QED) is 0.907. The fraction of sp³-hybridized carbons (Fsp3) is 0.474. The number of hydrogen-bond acceptors (Lipinski definition) is 2. The molecule has 1 aliphatic heterocycles. The lowest BCUT2D eigenvalue weighted by molar-refractivity contribution is -0.117. The first kappa shape index (κ1) is 16.7. The van der Waals surface area contributed by atoms with Gasteiger partial charge in [-0.1, -0.05) is 32.9 Å². The predicted octanol–water partition coefficient (Wildman–Crippen LogP) is 4.40. The van der Waals surface area contributed by atoms with Crippen LogP contribution < -0.4 is 5.32 Å². The lowest BCUT2D eigenvalue weighted by atomic mass is 9.92. The van der Waals surface area contributed by atoms with Gasteiger partial charge in [0, 0.05) is 24.2 Å². The molecule has 0 fully saturated rings. The highest BCUT2D eigenvalue weighted by molar-refractivity contribution is 5.95. The lowest BCUT2D eigenvalue weighted by Gasteiger charge is -2.17. The van der Waals surface area contributed by atoms with E-state index in [4.69, 9.17) is 0 Å². The zero-order valence-electron chi connectivity index (χ0n) is 14.5. The molecule has 3 rings (SSSR count). The largest absolute Gasteiger partial charge is 0.309 e. The number of halogens is 1. The maximum absolute atomic E-state index is 13.3. The van der Waals surface area contributed by atoms with Crippen molar-refractivity contribution >= 4 is 11.7 Å². The van der Waals surface area contributed by atoms with Crippen LogP contribution in [0.15, 0.2) is 24.3 Å². The van der Waals surface area contributed by atoms with E-state index in [2.05, 4.69) is 10.4 Å². The molecular formula is C19H24FN3O. The maximum Gasteiger partial charge on any atom is 0.226 e. The minimum absolute atomic E-state index is 0.0405. The number of carbonyl (C=O) groups is 1. The van der Waals surface area contributed by atoms with Crippen molar-refractivity contribution in [2.45, 2.75) is 53.0 Å². The van der Waals surface area contributed by atoms with Crippen molar-refractivity contribution in [3.8, 4) is 11.1 Å². The first-order valence-electron chi connectivity index (χ1n) is 8.49. The van der Waals surface area contributed by atoms with Crippen LogP contribution in [-0.2, 0) is 17.8 Å². The van der Waals surface area contributed by atoms with E-state index in [-0.39, 0.29) is 17.1 Å². The SMILES string of the molecule is CC(C)(C)CC(=O)Nc1nn2c(c1-c1ccc(F)cc1)CCCC2. The van der Waals surface area contributed by atoms with Gasteiger partial charge in [0.1, 0.15) is 5.82 Å². The molecule has 0 atom stereocenters. The van der Waals surface area contributed by atoms with Gasteiger partial charge in [-0.05, 0) is 42.4 Å². The Morgan fingerprint density at radius 1 is 1.25 bits per heavy atom. The van der Waals surface area contributed by atoms with Gasteiger partial charge < -0.3 is 5.32 Å². The molecule has 1 aromatic heterocycles. The summed E-state index contributed by atoms with van der Waals surface area (Å²) in [5, 5.41) is 7.58. The number of fused-ring (bicyclic) bond motifs is 1. The Morgan fingerprint density at radius 2 is 1.96 bits per heavy atom. The standard InChI is InChI=1S/C19H24FN3O/c1-19(2,3)12-16(24)21-18-17(13-7-9-14(20)10-8-13)15-6-4-5-11-23(15)22-18/h7-10H,4-6,11-12H2,1-3H3,(H,21,22,24). The van der Waals surface area contributed by atoms with Gasteiger partial charge in [-0.15, -0.1) is 0 Å². The number of aryl methyl sites for hydroxylation is 1. The number of benzene rings is 1. The molecule has 0 aliphatic carbocycles. The highest BCUT2D eigenvalue weighted by Crippen LogP contribution is 2.35. The third-order valence-electron chi connectivity index (χ3n) is 4.17. The van der Waals surface area contributed by atoms with Gasteiger partial charge in [-0.25, -0.2) is 4.39 Å². The highest BCUT2D eigenvalue weighted by atomic mass is 19.1. The fourth-order valence-electron chi connectivity index (χ4n) is 3.16. The monoisotopic (exact) mass is 329 g/mol. The van der Waals surface area contributed by atoms with Crippen LogP contribution >= 0.6 is 0 Å². The molecule has 1 aliphatic rings. The van der Waals surface area contributed by atoms with Crippen molar-refractivity contribution in [3.63, 3.8) is 0 Å². The Balaban J connectivity index is 1.98. The zero-order chi connectivity index (χ0) is 17.3. The minimum atomic E-state index is -0.266. The molecular weight excluding hydrogens is 305 g/mol. The van der Waals surface area contributed by atoms with Gasteiger partial charge in [0.15, 0.2) is 5.82 Å². The Bertz CT molecular complexity index is 741. The van der Waals surface area contributed by atoms with Crippen molar-refractivity contribution in [1.82, 2.24) is 9.78 Å². The second kappa shape index (κ2) is 6.38. The molecule has 0 saturated carbocycles. The summed E-state index contributed by atoms with van der Waals surface area (Å²) in [4.78, 5) is 12.4. The van der Waals surface area contributed by atoms with Crippen LogP contribution in [0, 0.1) is 11.2 Å². The third-order valence-corrected chi connectivity index (χ3v) is 4.17. The fourth-order valence-corrected chi connectivity index (χ4v) is 3.16. The molecule has 0 saturated heterocycles. The summed E-state index contributed by atoms with van der Waals surface area (Å²) in [5.74, 6) is 0.284. The van der Waals surface area contributed by atoms with Crippen molar-refractivity contribution in [2.24, 2.45) is 5.41 Å². The number of carbonyl (C=O) groups excluding carboxylic acids is 1. The summed E-state index contributed by atoms with van der Waals surface area (Å²) in [6.07, 6.45) is 3.55. The second-order valence-electron chi connectivity index (χ2n) is 7.64. The number of nitrogens with one attached hydrogen (secondary N) is 1. The Kier molecular flexibility index (Phi) is 4.43. The highest BCUT2D eigenvalue weighted by Gasteiger charge is 2.24. The molecule has 4 nitrogen and oxygen atoms in total. The van der Waals surface area contributed by atoms with Gasteiger partial charge in [-0.2, -0.15) is 5.10 Å². The Hall–Kier alpha value is -2.17. The van der Waals surface area contributed by atoms with Crippen molar-refractivity contribution in [3.05, 3.63) is 35.8 Å². The number of aromatic nitrogens is 2. The van der Waals surface area contributed by atoms with E-state index in [0.717, 1.165) is 42.6 Å². The van der Waals surface area contributed by atoms with Gasteiger partial charge in [0.25, 0.3) is 0 Å². The van der Waals surface area contributed by atoms with Crippen LogP contribution in [0.2, 0.25) is 0 Å². The van der Waals surface area contributed by atoms with E-state index in [9.17, 15) is 9.18 Å². The average Bonchev–Trinajstić information content (AvgIpc) is 2.84. The van der Waals surface area contributed by atoms with Crippen LogP contribution in [0.3, 0.4) is 0 Å². The number of rotatable bonds is 3. The summed E-state index contributed by atoms with van der Waals surface area (Å²) >= 11 is 0. The maximum atomic E-state index is 13.3. The summed E-state index contributed by atoms with van der Waals surface area (Å²) in [6.45, 7) is 6.96. The molecule has 1 aromatic carbocycles. The number of amides is 1. The van der Waals surface area contributed by atoms with E-state index in [1.807, 2.05) is 25.5 Å². The molecule has 0 spiro atoms. The molecule has 0 radical (unpaired) electrons. The smallest absolute Gasteiger partial charge is 0.226 e. The van der Waals surface area contributed by atoms with Crippen LogP contribution in [-0.4, -0.2) is 15.7 Å². The van der Waals surface area contributed by atoms with E-state index in [0.29, 0.717) is 12.2 Å². The molecule has 1 N–H and O–H groups in total. The number of nitrogens with zero attached hydrogens (tertiary/aromatic N) is 2. The van der Waals surface area contributed by atoms with Crippen molar-refractivity contribution in [2.75, 3.05) is 5.32 Å². The summed E-state index contributed by atoms with van der Waals surface area (Å²) in [6, 6.07) is 6.40. The average molecular weight is 329 g/mol. The van der Waals surface area contributed by atoms with E-state index in [1.54, 1.807) is 12.1 Å². The molecule has 5 heteroatoms. The Labute approximate surface area is 142 Å². The molecule has 24 heavy (non-hydrogen) atoms. The van der Waals surface area contributed by atoms with E-state index >= 15 is 0 Å². The molecule has 1 amide bonds. The van der Waals surface area contributed by atoms with Gasteiger partial charge in [-0.3, -0.25) is 9.48 Å². The molecule has 0 unspecified atom stereocenters. The van der Waals surface area contributed by atoms with Crippen molar-refractivity contribution < 1.29 is 9.18 Å². The first-order valence-corrected chi connectivity index (χ1v) is 8.49. The lowest BCUT2D eigenvalue weighted by Crippen LogP contribution is -2.20. The van der Waals surface area contributed by atoms with E-state index in [1.165, 1.54) is 12.1 Å². The summed E-state index contributed by atoms with van der Waals surface area (Å²) in [7, 11) is 0. The van der Waals surface area contributed by atoms with Crippen LogP contribution in [0.1, 0.15) is 45.7 Å². The van der Waals surface area contributed by atoms with Gasteiger partial charge in [0.05, 0.1) is 0 Å². The van der Waals surface area contributed by atoms with Crippen molar-refractivity contribution in [1.29, 1.82) is 0 Å². The van der Waals surface area contributed by atoms with E-state index < -0.39 is 0 Å². The molecule has 0 bridgehead atoms. The van der Waals surface area contributed by atoms with Gasteiger partial charge >= 0.3 is 0 Å². The molecule has 2 heterocycles. The third kappa shape index (κ3) is 3.66. The normalized spacial score (nSPS) is 14.3. The number of anilines is 1. The topological polar surface area (TPSA) is 46.9 Å². The van der Waals surface area contributed by atoms with Gasteiger partial charge in [0.2, 0.25) is 5.91 Å². The molecule has 2 aromatic rings. The van der Waals surface area contributed by atoms with Crippen LogP contribution in [0.25, 0.3) is 11.1 Å². The summed E-state index contributed by atoms with van der Waals surface area (Å²) < 4.78 is 15.3. The second-order valence-corrected chi connectivity index (χ2v) is 7.64. The molecule has 128 valence electrons. The van der Waals surface area contributed by atoms with Crippen LogP contribution in [0.4, 0.5) is 10.2 Å². The first-order chi connectivity index (χ1) is 11.3. The number of hydrogen-bond donors (Lipinski definition) is 1. The van der Waals surface area contributed by atoms with Crippen LogP contribution in [0.5, 0.6) is 0 Å². The Morgan fingerprint density at radius 3 is 2.62 bits per heavy atom. The predicted molar refractivity (Wildman–Crippen MR) is 93.3 cm³/mol.